The average Bonchev–Trinajstić information content (AvgIpc) is 3.77. The first-order valence-electron chi connectivity index (χ1n) is 16.5. The minimum Gasteiger partial charge on any atom is -0.478 e. The number of hydrogen-bond acceptors (Lipinski definition) is 8. The number of amides is 3. The van der Waals surface area contributed by atoms with Crippen molar-refractivity contribution in [2.45, 2.75) is 31.7 Å². The first-order chi connectivity index (χ1) is 24.6. The molecule has 0 unspecified atom stereocenters. The van der Waals surface area contributed by atoms with Crippen LogP contribution in [-0.4, -0.2) is 92.0 Å². The van der Waals surface area contributed by atoms with Gasteiger partial charge in [-0.2, -0.15) is 4.68 Å². The van der Waals surface area contributed by atoms with Crippen molar-refractivity contribution in [2.75, 3.05) is 43.4 Å². The van der Waals surface area contributed by atoms with E-state index in [4.69, 9.17) is 11.6 Å². The van der Waals surface area contributed by atoms with Crippen molar-refractivity contribution in [1.29, 1.82) is 0 Å². The zero-order valence-electron chi connectivity index (χ0n) is 27.6. The van der Waals surface area contributed by atoms with Crippen LogP contribution in [0.25, 0.3) is 11.8 Å². The van der Waals surface area contributed by atoms with Crippen molar-refractivity contribution in [3.63, 3.8) is 0 Å². The number of benzene rings is 3. The molecule has 0 aliphatic carbocycles. The van der Waals surface area contributed by atoms with Crippen LogP contribution in [0.5, 0.6) is 0 Å². The summed E-state index contributed by atoms with van der Waals surface area (Å²) in [5.74, 6) is -2.71. The first-order valence-corrected chi connectivity index (χ1v) is 16.9. The molecule has 15 heteroatoms. The summed E-state index contributed by atoms with van der Waals surface area (Å²) in [4.78, 5) is 58.0. The fourth-order valence-corrected chi connectivity index (χ4v) is 7.61. The van der Waals surface area contributed by atoms with E-state index in [-0.39, 0.29) is 39.7 Å². The lowest BCUT2D eigenvalue weighted by Crippen LogP contribution is -2.46. The molecule has 0 saturated carbocycles. The summed E-state index contributed by atoms with van der Waals surface area (Å²) < 4.78 is 16.6. The number of halogens is 2. The number of likely N-dealkylation sites (tertiary alicyclic amines) is 1. The predicted octanol–water partition coefficient (Wildman–Crippen LogP) is 4.38. The molecule has 4 aromatic rings. The lowest BCUT2D eigenvalue weighted by Gasteiger charge is -2.42. The van der Waals surface area contributed by atoms with E-state index in [0.717, 1.165) is 37.1 Å². The third kappa shape index (κ3) is 6.31. The molecule has 51 heavy (non-hydrogen) atoms. The van der Waals surface area contributed by atoms with E-state index in [1.165, 1.54) is 64.5 Å². The molecule has 3 amide bonds. The maximum Gasteiger partial charge on any atom is 0.335 e. The summed E-state index contributed by atoms with van der Waals surface area (Å²) in [6, 6.07) is 13.3. The quantitative estimate of drug-likeness (QED) is 0.266. The molecule has 2 N–H and O–H groups in total. The molecule has 2 saturated heterocycles. The van der Waals surface area contributed by atoms with Crippen molar-refractivity contribution >= 4 is 52.7 Å². The number of piperidine rings is 1. The summed E-state index contributed by atoms with van der Waals surface area (Å²) in [5, 5.41) is 23.1. The molecule has 0 radical (unpaired) electrons. The Morgan fingerprint density at radius 2 is 1.75 bits per heavy atom. The van der Waals surface area contributed by atoms with Crippen LogP contribution < -0.4 is 10.2 Å². The number of tetrazole rings is 1. The molecule has 3 aromatic carbocycles. The summed E-state index contributed by atoms with van der Waals surface area (Å²) in [6.45, 7) is 2.31. The monoisotopic (exact) mass is 712 g/mol. The highest BCUT2D eigenvalue weighted by Gasteiger charge is 2.47. The third-order valence-electron chi connectivity index (χ3n) is 10.2. The highest BCUT2D eigenvalue weighted by molar-refractivity contribution is 6.31. The summed E-state index contributed by atoms with van der Waals surface area (Å²) in [7, 11) is 1.85. The highest BCUT2D eigenvalue weighted by Crippen LogP contribution is 2.44. The van der Waals surface area contributed by atoms with E-state index in [2.05, 4.69) is 25.7 Å². The Morgan fingerprint density at radius 3 is 2.41 bits per heavy atom. The van der Waals surface area contributed by atoms with E-state index in [0.29, 0.717) is 30.8 Å². The molecule has 0 bridgehead atoms. The largest absolute Gasteiger partial charge is 0.478 e. The molecule has 3 aliphatic rings. The molecule has 7 rings (SSSR count). The van der Waals surface area contributed by atoms with Gasteiger partial charge < -0.3 is 25.1 Å². The number of rotatable bonds is 7. The van der Waals surface area contributed by atoms with Gasteiger partial charge >= 0.3 is 5.97 Å². The second kappa shape index (κ2) is 13.6. The Balaban J connectivity index is 1.21. The minimum absolute atomic E-state index is 0.0165. The number of hydrogen-bond donors (Lipinski definition) is 2. The fraction of sp³-hybridized carbons (Fsp3) is 0.306. The Kier molecular flexibility index (Phi) is 9.02. The standard InChI is InChI=1S/C36H34ClFN8O5/c1-43-18-14-36(35(43)51)15-19-44(20-16-36)28-4-2-3-25-24(28)13-17-45(32(25)33(48)40-23-7-5-22(6-8-23)34(49)50)30(47)12-9-26-29(46-21-39-41-42-46)11-10-27(37)31(26)38/h2-12,21,32H,13-20H2,1H3,(H,40,48)(H,49,50)/b12-9+/t32-/m0/s1. The zero-order chi connectivity index (χ0) is 35.9. The van der Waals surface area contributed by atoms with Gasteiger partial charge in [0, 0.05) is 56.2 Å². The molecule has 4 heterocycles. The van der Waals surface area contributed by atoms with E-state index in [1.54, 1.807) is 0 Å². The van der Waals surface area contributed by atoms with Crippen LogP contribution >= 0.6 is 11.6 Å². The van der Waals surface area contributed by atoms with Gasteiger partial charge in [-0.05, 0) is 95.8 Å². The van der Waals surface area contributed by atoms with Crippen molar-refractivity contribution in [2.24, 2.45) is 5.41 Å². The molecule has 1 atom stereocenters. The van der Waals surface area contributed by atoms with Gasteiger partial charge in [0.25, 0.3) is 5.91 Å². The van der Waals surface area contributed by atoms with E-state index in [9.17, 15) is 24.3 Å². The van der Waals surface area contributed by atoms with Crippen LogP contribution in [0, 0.1) is 11.2 Å². The molecule has 262 valence electrons. The van der Waals surface area contributed by atoms with Gasteiger partial charge in [-0.15, -0.1) is 5.10 Å². The number of carboxylic acids is 1. The van der Waals surface area contributed by atoms with Crippen molar-refractivity contribution in [3.8, 4) is 5.69 Å². The summed E-state index contributed by atoms with van der Waals surface area (Å²) in [5.41, 5.74) is 2.85. The molecule has 2 fully saturated rings. The summed E-state index contributed by atoms with van der Waals surface area (Å²) >= 11 is 6.09. The molecular formula is C36H34ClFN8O5. The van der Waals surface area contributed by atoms with Gasteiger partial charge in [0.2, 0.25) is 11.8 Å². The number of fused-ring (bicyclic) bond motifs is 1. The maximum absolute atomic E-state index is 15.3. The number of carbonyl (C=O) groups excluding carboxylic acids is 3. The van der Waals surface area contributed by atoms with E-state index in [1.807, 2.05) is 30.1 Å². The lowest BCUT2D eigenvalue weighted by molar-refractivity contribution is -0.136. The molecular weight excluding hydrogens is 679 g/mol. The van der Waals surface area contributed by atoms with Crippen LogP contribution in [-0.2, 0) is 20.8 Å². The molecule has 13 nitrogen and oxygen atoms in total. The number of nitrogens with zero attached hydrogens (tertiary/aromatic N) is 7. The van der Waals surface area contributed by atoms with E-state index < -0.39 is 29.6 Å². The molecule has 3 aliphatic heterocycles. The number of aromatic nitrogens is 4. The SMILES string of the molecule is CN1CCC2(CCN(c3cccc4c3CCN(C(=O)/C=C/c3c(-n5cnnn5)ccc(Cl)c3F)[C@@H]4C(=O)Nc3ccc(C(=O)O)cc3)CC2)C1=O. The second-order valence-electron chi connectivity index (χ2n) is 13.0. The third-order valence-corrected chi connectivity index (χ3v) is 10.5. The Labute approximate surface area is 297 Å². The number of carboxylic acid groups (broad SMARTS) is 1. The summed E-state index contributed by atoms with van der Waals surface area (Å²) in [6.07, 6.45) is 6.54. The number of anilines is 2. The van der Waals surface area contributed by atoms with E-state index >= 15 is 4.39 Å². The van der Waals surface area contributed by atoms with Gasteiger partial charge in [-0.25, -0.2) is 9.18 Å². The van der Waals surface area contributed by atoms with Crippen LogP contribution in [0.4, 0.5) is 15.8 Å². The van der Waals surface area contributed by atoms with Crippen LogP contribution in [0.2, 0.25) is 5.02 Å². The Bertz CT molecular complexity index is 2050. The maximum atomic E-state index is 15.3. The average molecular weight is 713 g/mol. The highest BCUT2D eigenvalue weighted by atomic mass is 35.5. The van der Waals surface area contributed by atoms with Gasteiger partial charge in [0.05, 0.1) is 21.7 Å². The number of nitrogens with one attached hydrogen (secondary N) is 1. The first kappa shape index (κ1) is 33.8. The number of aromatic carboxylic acids is 1. The lowest BCUT2D eigenvalue weighted by atomic mass is 9.76. The van der Waals surface area contributed by atoms with Crippen LogP contribution in [0.1, 0.15) is 52.4 Å². The topological polar surface area (TPSA) is 154 Å². The van der Waals surface area contributed by atoms with Crippen molar-refractivity contribution < 1.29 is 28.7 Å². The van der Waals surface area contributed by atoms with Gasteiger partial charge in [0.15, 0.2) is 5.82 Å². The Hall–Kier alpha value is -5.63. The van der Waals surface area contributed by atoms with Gasteiger partial charge in [-0.1, -0.05) is 23.7 Å². The van der Waals surface area contributed by atoms with Gasteiger partial charge in [0.1, 0.15) is 12.4 Å². The van der Waals surface area contributed by atoms with Gasteiger partial charge in [-0.3, -0.25) is 14.4 Å². The van der Waals surface area contributed by atoms with Crippen molar-refractivity contribution in [1.82, 2.24) is 30.0 Å². The molecule has 1 spiro atoms. The smallest absolute Gasteiger partial charge is 0.335 e. The minimum atomic E-state index is -1.10. The van der Waals surface area contributed by atoms with Crippen molar-refractivity contribution in [3.05, 3.63) is 100 Å². The predicted molar refractivity (Wildman–Crippen MR) is 186 cm³/mol. The normalized spacial score (nSPS) is 18.4. The fourth-order valence-electron chi connectivity index (χ4n) is 7.44. The van der Waals surface area contributed by atoms with Crippen LogP contribution in [0.3, 0.4) is 0 Å². The van der Waals surface area contributed by atoms with Crippen LogP contribution in [0.15, 0.2) is 67.0 Å². The number of carbonyl (C=O) groups is 4. The zero-order valence-corrected chi connectivity index (χ0v) is 28.4. The Morgan fingerprint density at radius 1 is 1.00 bits per heavy atom. The second-order valence-corrected chi connectivity index (χ2v) is 13.4. The molecule has 1 aromatic heterocycles.